The molecule has 0 aliphatic rings. The first-order chi connectivity index (χ1) is 11.9. The smallest absolute Gasteiger partial charge is 0.260 e. The van der Waals surface area contributed by atoms with Crippen molar-refractivity contribution in [1.29, 1.82) is 0 Å². The van der Waals surface area contributed by atoms with E-state index in [1.807, 2.05) is 13.8 Å². The first kappa shape index (κ1) is 18.8. The lowest BCUT2D eigenvalue weighted by molar-refractivity contribution is -0.132. The van der Waals surface area contributed by atoms with E-state index in [2.05, 4.69) is 9.97 Å². The molecule has 7 nitrogen and oxygen atoms in total. The monoisotopic (exact) mass is 363 g/mol. The van der Waals surface area contributed by atoms with E-state index < -0.39 is 0 Å². The number of anilines is 2. The third-order valence-electron chi connectivity index (χ3n) is 3.82. The summed E-state index contributed by atoms with van der Waals surface area (Å²) in [4.78, 5) is 21.8. The number of hydrogen-bond acceptors (Lipinski definition) is 6. The molecule has 134 valence electrons. The first-order valence-corrected chi connectivity index (χ1v) is 8.35. The molecular formula is C17H22ClN5O2. The number of benzene rings is 1. The van der Waals surface area contributed by atoms with Crippen molar-refractivity contribution >= 4 is 29.3 Å². The van der Waals surface area contributed by atoms with E-state index in [0.717, 1.165) is 5.56 Å². The molecule has 0 bridgehead atoms. The Morgan fingerprint density at radius 2 is 1.92 bits per heavy atom. The Hall–Kier alpha value is -2.54. The topological polar surface area (TPSA) is 107 Å². The van der Waals surface area contributed by atoms with Gasteiger partial charge in [-0.3, -0.25) is 4.79 Å². The lowest BCUT2D eigenvalue weighted by atomic mass is 10.0. The molecule has 1 amide bonds. The summed E-state index contributed by atoms with van der Waals surface area (Å²) in [5.74, 6) is 0.752. The average molecular weight is 364 g/mol. The maximum atomic E-state index is 12.0. The van der Waals surface area contributed by atoms with Crippen molar-refractivity contribution in [1.82, 2.24) is 14.9 Å². The van der Waals surface area contributed by atoms with Crippen molar-refractivity contribution in [2.75, 3.05) is 31.2 Å². The highest BCUT2D eigenvalue weighted by Crippen LogP contribution is 2.34. The maximum Gasteiger partial charge on any atom is 0.260 e. The fourth-order valence-electron chi connectivity index (χ4n) is 2.55. The quantitative estimate of drug-likeness (QED) is 0.816. The molecule has 2 aromatic rings. The maximum absolute atomic E-state index is 12.0. The fraction of sp³-hybridized carbons (Fsp3) is 0.353. The molecule has 25 heavy (non-hydrogen) atoms. The fourth-order valence-corrected chi connectivity index (χ4v) is 2.79. The van der Waals surface area contributed by atoms with Crippen LogP contribution in [-0.4, -0.2) is 40.5 Å². The van der Waals surface area contributed by atoms with Crippen LogP contribution < -0.4 is 16.2 Å². The normalized spacial score (nSPS) is 10.6. The minimum atomic E-state index is -0.0860. The van der Waals surface area contributed by atoms with E-state index in [1.165, 1.54) is 0 Å². The molecule has 0 aliphatic carbocycles. The zero-order chi connectivity index (χ0) is 18.6. The molecule has 2 rings (SSSR count). The number of likely N-dealkylation sites (N-methyl/N-ethyl adjacent to an activating group) is 1. The number of hydrogen-bond donors (Lipinski definition) is 2. The number of halogens is 1. The minimum absolute atomic E-state index is 0.0626. The van der Waals surface area contributed by atoms with Gasteiger partial charge in [-0.05, 0) is 38.5 Å². The van der Waals surface area contributed by atoms with Gasteiger partial charge in [-0.2, -0.15) is 4.98 Å². The highest BCUT2D eigenvalue weighted by molar-refractivity contribution is 6.32. The average Bonchev–Trinajstić information content (AvgIpc) is 2.54. The van der Waals surface area contributed by atoms with Crippen molar-refractivity contribution < 1.29 is 9.53 Å². The van der Waals surface area contributed by atoms with Crippen LogP contribution in [0.15, 0.2) is 18.2 Å². The molecule has 0 radical (unpaired) electrons. The molecule has 1 heterocycles. The number of nitrogens with two attached hydrogens (primary N) is 2. The van der Waals surface area contributed by atoms with Gasteiger partial charge in [0.2, 0.25) is 5.95 Å². The van der Waals surface area contributed by atoms with Crippen LogP contribution in [0.1, 0.15) is 19.5 Å². The highest BCUT2D eigenvalue weighted by atomic mass is 35.5. The lowest BCUT2D eigenvalue weighted by Crippen LogP contribution is -2.34. The molecule has 0 atom stereocenters. The Morgan fingerprint density at radius 3 is 2.48 bits per heavy atom. The summed E-state index contributed by atoms with van der Waals surface area (Å²) in [6.07, 6.45) is 0. The number of rotatable bonds is 6. The van der Waals surface area contributed by atoms with Crippen LogP contribution in [0.25, 0.3) is 11.1 Å². The number of amides is 1. The second kappa shape index (κ2) is 8.02. The van der Waals surface area contributed by atoms with Gasteiger partial charge in [0, 0.05) is 18.7 Å². The van der Waals surface area contributed by atoms with Gasteiger partial charge < -0.3 is 21.1 Å². The summed E-state index contributed by atoms with van der Waals surface area (Å²) in [7, 11) is 0. The summed E-state index contributed by atoms with van der Waals surface area (Å²) >= 11 is 6.29. The van der Waals surface area contributed by atoms with E-state index >= 15 is 0 Å². The van der Waals surface area contributed by atoms with Gasteiger partial charge >= 0.3 is 0 Å². The molecule has 1 aromatic carbocycles. The van der Waals surface area contributed by atoms with Gasteiger partial charge in [-0.1, -0.05) is 17.7 Å². The number of aromatic nitrogens is 2. The molecule has 8 heteroatoms. The molecular weight excluding hydrogens is 342 g/mol. The van der Waals surface area contributed by atoms with Crippen molar-refractivity contribution in [3.63, 3.8) is 0 Å². The van der Waals surface area contributed by atoms with Crippen LogP contribution in [-0.2, 0) is 4.79 Å². The lowest BCUT2D eigenvalue weighted by Gasteiger charge is -2.19. The summed E-state index contributed by atoms with van der Waals surface area (Å²) in [6, 6.07) is 5.20. The Morgan fingerprint density at radius 1 is 1.24 bits per heavy atom. The molecule has 0 fully saturated rings. The third kappa shape index (κ3) is 4.30. The Kier molecular flexibility index (Phi) is 6.03. The Bertz CT molecular complexity index is 755. The first-order valence-electron chi connectivity index (χ1n) is 7.97. The zero-order valence-electron chi connectivity index (χ0n) is 14.5. The second-order valence-corrected chi connectivity index (χ2v) is 5.83. The summed E-state index contributed by atoms with van der Waals surface area (Å²) in [5.41, 5.74) is 13.6. The SMILES string of the molecule is CCN(CC)C(=O)COc1ccc(-c2c(C)nc(N)nc2N)cc1Cl. The molecule has 0 spiro atoms. The van der Waals surface area contributed by atoms with Crippen molar-refractivity contribution in [2.24, 2.45) is 0 Å². The molecule has 0 saturated heterocycles. The number of carbonyl (C=O) groups excluding carboxylic acids is 1. The van der Waals surface area contributed by atoms with Gasteiger partial charge in [-0.15, -0.1) is 0 Å². The zero-order valence-corrected chi connectivity index (χ0v) is 15.3. The van der Waals surface area contributed by atoms with Crippen LogP contribution in [0.2, 0.25) is 5.02 Å². The summed E-state index contributed by atoms with van der Waals surface area (Å²) in [5, 5.41) is 0.375. The standard InChI is InChI=1S/C17H22ClN5O2/c1-4-23(5-2)14(24)9-25-13-7-6-11(8-12(13)18)15-10(3)21-17(20)22-16(15)19/h6-8H,4-5,9H2,1-3H3,(H4,19,20,21,22). The van der Waals surface area contributed by atoms with Gasteiger partial charge in [-0.25, -0.2) is 4.98 Å². The van der Waals surface area contributed by atoms with Crippen LogP contribution in [0.5, 0.6) is 5.75 Å². The second-order valence-electron chi connectivity index (χ2n) is 5.43. The van der Waals surface area contributed by atoms with Crippen molar-refractivity contribution in [2.45, 2.75) is 20.8 Å². The van der Waals surface area contributed by atoms with Crippen LogP contribution in [0, 0.1) is 6.92 Å². The predicted octanol–water partition coefficient (Wildman–Crippen LogP) is 2.52. The van der Waals surface area contributed by atoms with E-state index in [1.54, 1.807) is 30.0 Å². The molecule has 0 unspecified atom stereocenters. The number of carbonyl (C=O) groups is 1. The molecule has 0 saturated carbocycles. The van der Waals surface area contributed by atoms with Crippen LogP contribution in [0.3, 0.4) is 0 Å². The summed E-state index contributed by atoms with van der Waals surface area (Å²) < 4.78 is 5.55. The molecule has 0 aliphatic heterocycles. The van der Waals surface area contributed by atoms with Crippen molar-refractivity contribution in [3.05, 3.63) is 28.9 Å². The molecule has 1 aromatic heterocycles. The van der Waals surface area contributed by atoms with E-state index in [4.69, 9.17) is 27.8 Å². The molecule has 4 N–H and O–H groups in total. The predicted molar refractivity (Wildman–Crippen MR) is 99.5 cm³/mol. The summed E-state index contributed by atoms with van der Waals surface area (Å²) in [6.45, 7) is 6.86. The third-order valence-corrected chi connectivity index (χ3v) is 4.12. The Labute approximate surface area is 152 Å². The van der Waals surface area contributed by atoms with Gasteiger partial charge in [0.05, 0.1) is 10.7 Å². The van der Waals surface area contributed by atoms with Crippen molar-refractivity contribution in [3.8, 4) is 16.9 Å². The van der Waals surface area contributed by atoms with E-state index in [0.29, 0.717) is 35.1 Å². The van der Waals surface area contributed by atoms with Crippen LogP contribution in [0.4, 0.5) is 11.8 Å². The highest BCUT2D eigenvalue weighted by Gasteiger charge is 2.14. The van der Waals surface area contributed by atoms with Gasteiger partial charge in [0.25, 0.3) is 5.91 Å². The van der Waals surface area contributed by atoms with Gasteiger partial charge in [0.1, 0.15) is 11.6 Å². The van der Waals surface area contributed by atoms with E-state index in [-0.39, 0.29) is 24.3 Å². The number of nitrogen functional groups attached to an aromatic ring is 2. The van der Waals surface area contributed by atoms with Gasteiger partial charge in [0.15, 0.2) is 6.61 Å². The number of nitrogens with zero attached hydrogens (tertiary/aromatic N) is 3. The van der Waals surface area contributed by atoms with E-state index in [9.17, 15) is 4.79 Å². The number of ether oxygens (including phenoxy) is 1. The minimum Gasteiger partial charge on any atom is -0.482 e. The van der Waals surface area contributed by atoms with Crippen LogP contribution >= 0.6 is 11.6 Å². The Balaban J connectivity index is 2.20. The largest absolute Gasteiger partial charge is 0.482 e. The number of aryl methyl sites for hydroxylation is 1.